The van der Waals surface area contributed by atoms with Gasteiger partial charge >= 0.3 is 16.6 Å². The summed E-state index contributed by atoms with van der Waals surface area (Å²) in [6, 6.07) is 20.4. The van der Waals surface area contributed by atoms with Crippen molar-refractivity contribution in [3.63, 3.8) is 0 Å². The van der Waals surface area contributed by atoms with Gasteiger partial charge in [-0.2, -0.15) is 12.7 Å². The molecule has 4 rings (SSSR count). The number of nitrogens with zero attached hydrogens (tertiary/aromatic N) is 1. The third-order valence-electron chi connectivity index (χ3n) is 5.95. The largest absolute Gasteiger partial charge is 0.573 e. The SMILES string of the molecule is O=S(=O)(Nc1ccc(OC(F)(F)F)cc1)N1CCCC(C(c2ccccc2)c2ccc(F)cc2)C1. The Hall–Kier alpha value is -3.11. The third kappa shape index (κ3) is 6.52. The van der Waals surface area contributed by atoms with E-state index in [2.05, 4.69) is 9.46 Å². The molecule has 35 heavy (non-hydrogen) atoms. The van der Waals surface area contributed by atoms with Crippen LogP contribution in [0.1, 0.15) is 29.9 Å². The fraction of sp³-hybridized carbons (Fsp3) is 0.280. The lowest BCUT2D eigenvalue weighted by Crippen LogP contribution is -2.44. The van der Waals surface area contributed by atoms with Crippen molar-refractivity contribution < 1.29 is 30.7 Å². The predicted octanol–water partition coefficient (Wildman–Crippen LogP) is 5.93. The highest BCUT2D eigenvalue weighted by Crippen LogP contribution is 2.38. The van der Waals surface area contributed by atoms with E-state index in [9.17, 15) is 26.0 Å². The molecule has 1 heterocycles. The number of benzene rings is 3. The standard InChI is InChI=1S/C25H24F4N2O3S/c26-21-10-8-19(9-11-21)24(18-5-2-1-3-6-18)20-7-4-16-31(17-20)35(32,33)30-22-12-14-23(15-13-22)34-25(27,28)29/h1-3,5-6,8-15,20,24,30H,4,7,16-17H2. The Bertz CT molecular complexity index is 1220. The number of piperidine rings is 1. The van der Waals surface area contributed by atoms with Crippen molar-refractivity contribution in [3.8, 4) is 5.75 Å². The molecule has 0 aliphatic carbocycles. The molecule has 3 aromatic carbocycles. The maximum Gasteiger partial charge on any atom is 0.573 e. The number of anilines is 1. The summed E-state index contributed by atoms with van der Waals surface area (Å²) in [5.41, 5.74) is 2.03. The highest BCUT2D eigenvalue weighted by molar-refractivity contribution is 7.90. The maximum atomic E-state index is 13.6. The van der Waals surface area contributed by atoms with Crippen LogP contribution in [0.5, 0.6) is 5.75 Å². The molecule has 186 valence electrons. The third-order valence-corrected chi connectivity index (χ3v) is 7.46. The number of halogens is 4. The molecule has 0 spiro atoms. The maximum absolute atomic E-state index is 13.6. The molecule has 0 saturated carbocycles. The van der Waals surface area contributed by atoms with Gasteiger partial charge in [0.25, 0.3) is 0 Å². The topological polar surface area (TPSA) is 58.6 Å². The van der Waals surface area contributed by atoms with Crippen LogP contribution >= 0.6 is 0 Å². The van der Waals surface area contributed by atoms with Crippen LogP contribution in [0, 0.1) is 11.7 Å². The molecule has 0 radical (unpaired) electrons. The van der Waals surface area contributed by atoms with Crippen molar-refractivity contribution in [2.24, 2.45) is 5.92 Å². The van der Waals surface area contributed by atoms with Gasteiger partial charge in [-0.3, -0.25) is 4.72 Å². The van der Waals surface area contributed by atoms with Crippen LogP contribution in [0.4, 0.5) is 23.2 Å². The minimum Gasteiger partial charge on any atom is -0.406 e. The molecule has 1 fully saturated rings. The van der Waals surface area contributed by atoms with Crippen LogP contribution in [-0.4, -0.2) is 32.2 Å². The van der Waals surface area contributed by atoms with E-state index in [1.807, 2.05) is 30.3 Å². The smallest absolute Gasteiger partial charge is 0.406 e. The van der Waals surface area contributed by atoms with Crippen molar-refractivity contribution in [1.82, 2.24) is 4.31 Å². The minimum atomic E-state index is -4.83. The Kier molecular flexibility index (Phi) is 7.32. The fourth-order valence-electron chi connectivity index (χ4n) is 4.47. The number of hydrogen-bond donors (Lipinski definition) is 1. The Morgan fingerprint density at radius 2 is 1.54 bits per heavy atom. The second-order valence-corrected chi connectivity index (χ2v) is 10.1. The second-order valence-electron chi connectivity index (χ2n) is 8.38. The number of rotatable bonds is 7. The molecule has 2 unspecified atom stereocenters. The van der Waals surface area contributed by atoms with Crippen LogP contribution in [0.3, 0.4) is 0 Å². The lowest BCUT2D eigenvalue weighted by atomic mass is 9.77. The Labute approximate surface area is 201 Å². The first-order valence-corrected chi connectivity index (χ1v) is 12.5. The van der Waals surface area contributed by atoms with Crippen LogP contribution in [0.15, 0.2) is 78.9 Å². The van der Waals surface area contributed by atoms with Crippen LogP contribution < -0.4 is 9.46 Å². The van der Waals surface area contributed by atoms with Crippen molar-refractivity contribution in [2.45, 2.75) is 25.1 Å². The first-order valence-electron chi connectivity index (χ1n) is 11.0. The molecule has 0 amide bonds. The van der Waals surface area contributed by atoms with E-state index in [0.717, 1.165) is 29.7 Å². The Morgan fingerprint density at radius 3 is 2.17 bits per heavy atom. The van der Waals surface area contributed by atoms with Gasteiger partial charge in [0.05, 0.1) is 5.69 Å². The Morgan fingerprint density at radius 1 is 0.914 bits per heavy atom. The fourth-order valence-corrected chi connectivity index (χ4v) is 5.79. The van der Waals surface area contributed by atoms with E-state index >= 15 is 0 Å². The van der Waals surface area contributed by atoms with Gasteiger partial charge < -0.3 is 4.74 Å². The van der Waals surface area contributed by atoms with Gasteiger partial charge in [-0.25, -0.2) is 4.39 Å². The molecule has 0 bridgehead atoms. The molecule has 10 heteroatoms. The highest BCUT2D eigenvalue weighted by atomic mass is 32.2. The van der Waals surface area contributed by atoms with Gasteiger partial charge in [-0.1, -0.05) is 42.5 Å². The molecular formula is C25H24F4N2O3S. The Balaban J connectivity index is 1.53. The van der Waals surface area contributed by atoms with E-state index < -0.39 is 22.3 Å². The van der Waals surface area contributed by atoms with Gasteiger partial charge in [-0.15, -0.1) is 13.2 Å². The summed E-state index contributed by atoms with van der Waals surface area (Å²) in [6.07, 6.45) is -3.41. The summed E-state index contributed by atoms with van der Waals surface area (Å²) in [5.74, 6) is -0.975. The van der Waals surface area contributed by atoms with Gasteiger partial charge in [-0.05, 0) is 66.3 Å². The van der Waals surface area contributed by atoms with E-state index in [1.54, 1.807) is 12.1 Å². The second kappa shape index (κ2) is 10.2. The molecule has 0 aromatic heterocycles. The zero-order chi connectivity index (χ0) is 25.1. The molecule has 1 N–H and O–H groups in total. The lowest BCUT2D eigenvalue weighted by Gasteiger charge is -2.37. The zero-order valence-electron chi connectivity index (χ0n) is 18.6. The van der Waals surface area contributed by atoms with Crippen molar-refractivity contribution in [1.29, 1.82) is 0 Å². The number of ether oxygens (including phenoxy) is 1. The monoisotopic (exact) mass is 508 g/mol. The van der Waals surface area contributed by atoms with Crippen LogP contribution in [0.25, 0.3) is 0 Å². The molecule has 1 saturated heterocycles. The van der Waals surface area contributed by atoms with E-state index in [0.29, 0.717) is 13.0 Å². The molecule has 5 nitrogen and oxygen atoms in total. The quantitative estimate of drug-likeness (QED) is 0.403. The predicted molar refractivity (Wildman–Crippen MR) is 125 cm³/mol. The number of alkyl halides is 3. The van der Waals surface area contributed by atoms with Gasteiger partial charge in [0.2, 0.25) is 0 Å². The molecule has 1 aliphatic rings. The van der Waals surface area contributed by atoms with Crippen molar-refractivity contribution in [3.05, 3.63) is 95.8 Å². The summed E-state index contributed by atoms with van der Waals surface area (Å²) in [4.78, 5) is 0. The number of nitrogens with one attached hydrogen (secondary N) is 1. The van der Waals surface area contributed by atoms with Gasteiger partial charge in [0.15, 0.2) is 0 Å². The van der Waals surface area contributed by atoms with E-state index in [1.165, 1.54) is 28.6 Å². The minimum absolute atomic E-state index is 0.0595. The molecular weight excluding hydrogens is 484 g/mol. The lowest BCUT2D eigenvalue weighted by molar-refractivity contribution is -0.274. The van der Waals surface area contributed by atoms with Gasteiger partial charge in [0, 0.05) is 19.0 Å². The van der Waals surface area contributed by atoms with Crippen LogP contribution in [0.2, 0.25) is 0 Å². The van der Waals surface area contributed by atoms with E-state index in [-0.39, 0.29) is 29.9 Å². The van der Waals surface area contributed by atoms with E-state index in [4.69, 9.17) is 0 Å². The van der Waals surface area contributed by atoms with Gasteiger partial charge in [0.1, 0.15) is 11.6 Å². The van der Waals surface area contributed by atoms with Crippen LogP contribution in [-0.2, 0) is 10.2 Å². The molecule has 1 aliphatic heterocycles. The number of hydrogen-bond acceptors (Lipinski definition) is 3. The summed E-state index contributed by atoms with van der Waals surface area (Å²) in [7, 11) is -3.96. The first-order chi connectivity index (χ1) is 16.6. The highest BCUT2D eigenvalue weighted by Gasteiger charge is 2.35. The summed E-state index contributed by atoms with van der Waals surface area (Å²) in [6.45, 7) is 0.549. The zero-order valence-corrected chi connectivity index (χ0v) is 19.4. The normalized spacial score (nSPS) is 18.1. The molecule has 2 atom stereocenters. The molecule has 3 aromatic rings. The average molecular weight is 509 g/mol. The summed E-state index contributed by atoms with van der Waals surface area (Å²) >= 11 is 0. The summed E-state index contributed by atoms with van der Waals surface area (Å²) in [5, 5.41) is 0. The average Bonchev–Trinajstić information content (AvgIpc) is 2.82. The van der Waals surface area contributed by atoms with Crippen molar-refractivity contribution in [2.75, 3.05) is 17.8 Å². The van der Waals surface area contributed by atoms with Crippen molar-refractivity contribution >= 4 is 15.9 Å². The summed E-state index contributed by atoms with van der Waals surface area (Å²) < 4.78 is 84.5. The first kappa shape index (κ1) is 25.0.